The summed E-state index contributed by atoms with van der Waals surface area (Å²) in [4.78, 5) is 28.1. The Morgan fingerprint density at radius 1 is 1.03 bits per heavy atom. The average molecular weight is 474 g/mol. The van der Waals surface area contributed by atoms with Gasteiger partial charge in [0, 0.05) is 24.5 Å². The van der Waals surface area contributed by atoms with Crippen molar-refractivity contribution in [3.63, 3.8) is 0 Å². The molecular weight excluding hydrogens is 446 g/mol. The summed E-state index contributed by atoms with van der Waals surface area (Å²) in [6.45, 7) is 7.94. The van der Waals surface area contributed by atoms with Gasteiger partial charge in [0.15, 0.2) is 11.5 Å². The normalized spacial score (nSPS) is 11.0. The summed E-state index contributed by atoms with van der Waals surface area (Å²) in [7, 11) is 0. The average Bonchev–Trinajstić information content (AvgIpc) is 3.39. The Morgan fingerprint density at radius 3 is 2.26 bits per heavy atom. The monoisotopic (exact) mass is 473 g/mol. The van der Waals surface area contributed by atoms with E-state index < -0.39 is 10.9 Å². The van der Waals surface area contributed by atoms with Gasteiger partial charge in [0.2, 0.25) is 0 Å². The molecule has 9 nitrogen and oxygen atoms in total. The Labute approximate surface area is 203 Å². The van der Waals surface area contributed by atoms with Crippen molar-refractivity contribution in [2.45, 2.75) is 40.7 Å². The summed E-state index contributed by atoms with van der Waals surface area (Å²) in [6, 6.07) is 15.8. The zero-order valence-electron chi connectivity index (χ0n) is 20.2. The van der Waals surface area contributed by atoms with Crippen LogP contribution in [0.2, 0.25) is 0 Å². The summed E-state index contributed by atoms with van der Waals surface area (Å²) in [5, 5.41) is 16.2. The maximum Gasteiger partial charge on any atom is 0.359 e. The molecule has 0 atom stereocenters. The van der Waals surface area contributed by atoms with Crippen molar-refractivity contribution in [1.29, 1.82) is 0 Å². The van der Waals surface area contributed by atoms with Crippen molar-refractivity contribution in [3.05, 3.63) is 93.1 Å². The van der Waals surface area contributed by atoms with Gasteiger partial charge in [0.25, 0.3) is 0 Å². The van der Waals surface area contributed by atoms with Crippen LogP contribution < -0.4 is 0 Å². The second-order valence-corrected chi connectivity index (χ2v) is 8.33. The maximum atomic E-state index is 13.0. The highest BCUT2D eigenvalue weighted by Crippen LogP contribution is 2.31. The standard InChI is InChI=1S/C26H27N5O4/c1-5-35-26(32)24-22(14-15-29-19(4)27-16-23(29)31(33)34)25(20-10-6-17(2)7-11-20)30(28-24)21-12-8-18(3)9-13-21/h6-13,16H,5,14-15H2,1-4H3. The quantitative estimate of drug-likeness (QED) is 0.203. The van der Waals surface area contributed by atoms with E-state index in [-0.39, 0.29) is 24.7 Å². The number of esters is 1. The number of nitrogens with zero attached hydrogens (tertiary/aromatic N) is 5. The van der Waals surface area contributed by atoms with Gasteiger partial charge < -0.3 is 14.9 Å². The smallest absolute Gasteiger partial charge is 0.359 e. The van der Waals surface area contributed by atoms with Crippen molar-refractivity contribution >= 4 is 11.8 Å². The van der Waals surface area contributed by atoms with Gasteiger partial charge in [-0.25, -0.2) is 19.0 Å². The van der Waals surface area contributed by atoms with Crippen molar-refractivity contribution in [2.75, 3.05) is 6.61 Å². The van der Waals surface area contributed by atoms with Gasteiger partial charge in [-0.2, -0.15) is 5.10 Å². The molecule has 35 heavy (non-hydrogen) atoms. The molecule has 0 spiro atoms. The fraction of sp³-hybridized carbons (Fsp3) is 0.269. The van der Waals surface area contributed by atoms with E-state index in [9.17, 15) is 14.9 Å². The van der Waals surface area contributed by atoms with E-state index >= 15 is 0 Å². The van der Waals surface area contributed by atoms with Gasteiger partial charge in [0.1, 0.15) is 6.20 Å². The molecule has 0 aliphatic carbocycles. The largest absolute Gasteiger partial charge is 0.461 e. The maximum absolute atomic E-state index is 13.0. The number of carbonyl (C=O) groups excluding carboxylic acids is 1. The molecule has 0 bridgehead atoms. The van der Waals surface area contributed by atoms with Crippen molar-refractivity contribution in [3.8, 4) is 16.9 Å². The molecule has 0 fully saturated rings. The number of benzene rings is 2. The second-order valence-electron chi connectivity index (χ2n) is 8.33. The molecule has 0 radical (unpaired) electrons. The predicted octanol–water partition coefficient (Wildman–Crippen LogP) is 4.99. The molecule has 0 saturated carbocycles. The number of nitro groups is 1. The van der Waals surface area contributed by atoms with Crippen LogP contribution in [-0.2, 0) is 17.7 Å². The molecule has 2 heterocycles. The molecule has 9 heteroatoms. The predicted molar refractivity (Wildman–Crippen MR) is 132 cm³/mol. The van der Waals surface area contributed by atoms with Crippen molar-refractivity contribution in [1.82, 2.24) is 19.3 Å². The lowest BCUT2D eigenvalue weighted by molar-refractivity contribution is -0.392. The van der Waals surface area contributed by atoms with Gasteiger partial charge >= 0.3 is 11.8 Å². The fourth-order valence-corrected chi connectivity index (χ4v) is 4.03. The first kappa shape index (κ1) is 23.9. The minimum Gasteiger partial charge on any atom is -0.461 e. The van der Waals surface area contributed by atoms with Crippen LogP contribution in [-0.4, -0.2) is 36.8 Å². The van der Waals surface area contributed by atoms with E-state index in [0.29, 0.717) is 17.8 Å². The number of ether oxygens (including phenoxy) is 1. The van der Waals surface area contributed by atoms with E-state index in [1.807, 2.05) is 62.4 Å². The first-order chi connectivity index (χ1) is 16.8. The molecule has 0 amide bonds. The lowest BCUT2D eigenvalue weighted by Gasteiger charge is -2.11. The molecule has 0 saturated heterocycles. The van der Waals surface area contributed by atoms with E-state index in [1.165, 1.54) is 10.8 Å². The van der Waals surface area contributed by atoms with Crippen LogP contribution in [0.3, 0.4) is 0 Å². The molecular formula is C26H27N5O4. The fourth-order valence-electron chi connectivity index (χ4n) is 4.03. The lowest BCUT2D eigenvalue weighted by atomic mass is 10.0. The van der Waals surface area contributed by atoms with E-state index in [0.717, 1.165) is 28.1 Å². The first-order valence-corrected chi connectivity index (χ1v) is 11.4. The summed E-state index contributed by atoms with van der Waals surface area (Å²) in [6.07, 6.45) is 1.57. The zero-order chi connectivity index (χ0) is 25.1. The third-order valence-corrected chi connectivity index (χ3v) is 5.86. The molecule has 0 aliphatic heterocycles. The van der Waals surface area contributed by atoms with Crippen molar-refractivity contribution < 1.29 is 14.5 Å². The number of hydrogen-bond acceptors (Lipinski definition) is 6. The zero-order valence-corrected chi connectivity index (χ0v) is 20.2. The van der Waals surface area contributed by atoms with E-state index in [2.05, 4.69) is 4.98 Å². The minimum absolute atomic E-state index is 0.0944. The summed E-state index contributed by atoms with van der Waals surface area (Å²) < 4.78 is 8.62. The van der Waals surface area contributed by atoms with Gasteiger partial charge in [-0.15, -0.1) is 0 Å². The van der Waals surface area contributed by atoms with Crippen LogP contribution in [0.5, 0.6) is 0 Å². The van der Waals surface area contributed by atoms with E-state index in [4.69, 9.17) is 9.84 Å². The van der Waals surface area contributed by atoms with Gasteiger partial charge in [-0.3, -0.25) is 0 Å². The van der Waals surface area contributed by atoms with Crippen molar-refractivity contribution in [2.24, 2.45) is 0 Å². The Hall–Kier alpha value is -4.27. The third-order valence-electron chi connectivity index (χ3n) is 5.86. The summed E-state index contributed by atoms with van der Waals surface area (Å²) >= 11 is 0. The second kappa shape index (κ2) is 9.92. The van der Waals surface area contributed by atoms with Gasteiger partial charge in [-0.05, 0) is 37.8 Å². The third kappa shape index (κ3) is 4.84. The SMILES string of the molecule is CCOC(=O)c1nn(-c2ccc(C)cc2)c(-c2ccc(C)cc2)c1CCn1c([N+](=O)[O-])cnc1C. The number of aromatic nitrogens is 4. The summed E-state index contributed by atoms with van der Waals surface area (Å²) in [5.74, 6) is -0.0984. The Bertz CT molecular complexity index is 1370. The topological polar surface area (TPSA) is 105 Å². The molecule has 2 aromatic heterocycles. The van der Waals surface area contributed by atoms with Gasteiger partial charge in [-0.1, -0.05) is 47.5 Å². The molecule has 0 N–H and O–H groups in total. The van der Waals surface area contributed by atoms with Crippen LogP contribution in [0.25, 0.3) is 16.9 Å². The highest BCUT2D eigenvalue weighted by Gasteiger charge is 2.27. The van der Waals surface area contributed by atoms with Crippen LogP contribution in [0, 0.1) is 30.9 Å². The summed E-state index contributed by atoms with van der Waals surface area (Å²) in [5.41, 5.74) is 5.49. The van der Waals surface area contributed by atoms with Crippen LogP contribution in [0.15, 0.2) is 54.7 Å². The molecule has 4 rings (SSSR count). The number of carbonyl (C=O) groups is 1. The number of aryl methyl sites for hydroxylation is 3. The Morgan fingerprint density at radius 2 is 1.66 bits per heavy atom. The Balaban J connectivity index is 1.90. The first-order valence-electron chi connectivity index (χ1n) is 11.4. The van der Waals surface area contributed by atoms with Crippen LogP contribution in [0.4, 0.5) is 5.82 Å². The lowest BCUT2D eigenvalue weighted by Crippen LogP contribution is -2.12. The van der Waals surface area contributed by atoms with E-state index in [1.54, 1.807) is 18.5 Å². The minimum atomic E-state index is -0.529. The Kier molecular flexibility index (Phi) is 6.77. The molecule has 2 aromatic carbocycles. The van der Waals surface area contributed by atoms with Crippen LogP contribution in [0.1, 0.15) is 39.9 Å². The van der Waals surface area contributed by atoms with Crippen LogP contribution >= 0.6 is 0 Å². The number of imidazole rings is 1. The molecule has 180 valence electrons. The number of rotatable bonds is 8. The highest BCUT2D eigenvalue weighted by atomic mass is 16.6. The molecule has 4 aromatic rings. The van der Waals surface area contributed by atoms with Gasteiger partial charge in [0.05, 0.1) is 24.5 Å². The molecule has 0 aliphatic rings. The molecule has 0 unspecified atom stereocenters. The number of hydrogen-bond donors (Lipinski definition) is 0. The highest BCUT2D eigenvalue weighted by molar-refractivity contribution is 5.91.